The molecule has 3 heteroatoms. The third-order valence-corrected chi connectivity index (χ3v) is 3.15. The van der Waals surface area contributed by atoms with E-state index in [9.17, 15) is 0 Å². The molecule has 78 valence electrons. The lowest BCUT2D eigenvalue weighted by Crippen LogP contribution is -2.17. The van der Waals surface area contributed by atoms with Crippen molar-refractivity contribution < 1.29 is 4.84 Å². The van der Waals surface area contributed by atoms with Crippen LogP contribution in [0.2, 0.25) is 25.7 Å². The van der Waals surface area contributed by atoms with Crippen LogP contribution in [0.5, 0.6) is 0 Å². The molecule has 2 nitrogen and oxygen atoms in total. The van der Waals surface area contributed by atoms with Gasteiger partial charge >= 0.3 is 0 Å². The van der Waals surface area contributed by atoms with Crippen molar-refractivity contribution in [3.63, 3.8) is 0 Å². The predicted octanol–water partition coefficient (Wildman–Crippen LogP) is 2.81. The van der Waals surface area contributed by atoms with Crippen LogP contribution in [-0.2, 0) is 4.84 Å². The zero-order valence-electron chi connectivity index (χ0n) is 9.39. The van der Waals surface area contributed by atoms with Crippen LogP contribution in [0.25, 0.3) is 0 Å². The van der Waals surface area contributed by atoms with Crippen molar-refractivity contribution in [1.29, 1.82) is 0 Å². The Labute approximate surface area is 83.3 Å². The zero-order chi connectivity index (χ0) is 10.2. The number of hydroxylamine groups is 1. The van der Waals surface area contributed by atoms with Crippen molar-refractivity contribution >= 4 is 8.07 Å². The van der Waals surface area contributed by atoms with E-state index in [4.69, 9.17) is 4.84 Å². The second kappa shape index (κ2) is 7.30. The fourth-order valence-corrected chi connectivity index (χ4v) is 1.82. The van der Waals surface area contributed by atoms with Gasteiger partial charge < -0.3 is 4.84 Å². The number of allylic oxidation sites excluding steroid dienone is 2. The number of rotatable bonds is 7. The quantitative estimate of drug-likeness (QED) is 0.296. The fourth-order valence-electron chi connectivity index (χ4n) is 0.949. The molecule has 0 aromatic heterocycles. The third-order valence-electron chi connectivity index (χ3n) is 1.69. The first-order chi connectivity index (χ1) is 6.06. The highest BCUT2D eigenvalue weighted by Gasteiger charge is 2.08. The first-order valence-corrected chi connectivity index (χ1v) is 8.68. The Kier molecular flexibility index (Phi) is 7.23. The molecule has 1 N–H and O–H groups in total. The van der Waals surface area contributed by atoms with E-state index >= 15 is 0 Å². The van der Waals surface area contributed by atoms with Gasteiger partial charge in [0.05, 0.1) is 7.11 Å². The molecule has 0 unspecified atom stereocenters. The summed E-state index contributed by atoms with van der Waals surface area (Å²) in [4.78, 5) is 4.74. The summed E-state index contributed by atoms with van der Waals surface area (Å²) in [6.45, 7) is 8.12. The molecule has 0 amide bonds. The molecule has 0 aromatic carbocycles. The van der Waals surface area contributed by atoms with Gasteiger partial charge in [-0.3, -0.25) is 0 Å². The van der Waals surface area contributed by atoms with Crippen molar-refractivity contribution in [2.24, 2.45) is 0 Å². The van der Waals surface area contributed by atoms with Crippen LogP contribution in [-0.4, -0.2) is 21.7 Å². The van der Waals surface area contributed by atoms with E-state index in [-0.39, 0.29) is 0 Å². The van der Waals surface area contributed by atoms with E-state index in [1.807, 2.05) is 0 Å². The van der Waals surface area contributed by atoms with Gasteiger partial charge in [0.2, 0.25) is 0 Å². The summed E-state index contributed by atoms with van der Waals surface area (Å²) in [5.41, 5.74) is 2.83. The van der Waals surface area contributed by atoms with E-state index in [0.717, 1.165) is 19.4 Å². The number of unbranched alkanes of at least 4 members (excludes halogenated alkanes) is 1. The molecule has 0 saturated carbocycles. The molecule has 13 heavy (non-hydrogen) atoms. The highest BCUT2D eigenvalue weighted by molar-refractivity contribution is 6.76. The Balaban J connectivity index is 3.22. The highest BCUT2D eigenvalue weighted by atomic mass is 28.3. The lowest BCUT2D eigenvalue weighted by molar-refractivity contribution is 0.0912. The molecule has 0 aliphatic rings. The minimum Gasteiger partial charge on any atom is -0.305 e. The van der Waals surface area contributed by atoms with E-state index < -0.39 is 8.07 Å². The average molecular weight is 201 g/mol. The molecule has 0 rings (SSSR count). The number of nitrogens with one attached hydrogen (secondary N) is 1. The summed E-state index contributed by atoms with van der Waals surface area (Å²) in [7, 11) is 0.794. The first-order valence-electron chi connectivity index (χ1n) is 4.97. The lowest BCUT2D eigenvalue weighted by atomic mass is 10.3. The minimum atomic E-state index is -0.860. The summed E-state index contributed by atoms with van der Waals surface area (Å²) in [6, 6.07) is 1.30. The minimum absolute atomic E-state index is 0.860. The Morgan fingerprint density at radius 3 is 2.46 bits per heavy atom. The second-order valence-electron chi connectivity index (χ2n) is 4.48. The fraction of sp³-hybridized carbons (Fsp3) is 0.800. The van der Waals surface area contributed by atoms with Gasteiger partial charge in [-0.15, -0.1) is 0 Å². The van der Waals surface area contributed by atoms with Crippen LogP contribution in [0.3, 0.4) is 0 Å². The van der Waals surface area contributed by atoms with Crippen molar-refractivity contribution in [2.45, 2.75) is 38.5 Å². The summed E-state index contributed by atoms with van der Waals surface area (Å²) in [6.07, 6.45) is 6.92. The van der Waals surface area contributed by atoms with Gasteiger partial charge in [-0.05, 0) is 18.9 Å². The van der Waals surface area contributed by atoms with Crippen molar-refractivity contribution in [3.8, 4) is 0 Å². The Morgan fingerprint density at radius 2 is 1.92 bits per heavy atom. The molecule has 0 saturated heterocycles. The van der Waals surface area contributed by atoms with Gasteiger partial charge in [0.25, 0.3) is 0 Å². The molecule has 0 spiro atoms. The third kappa shape index (κ3) is 11.9. The summed E-state index contributed by atoms with van der Waals surface area (Å²) in [5, 5.41) is 0. The molecule has 0 aromatic rings. The predicted molar refractivity (Wildman–Crippen MR) is 61.5 cm³/mol. The van der Waals surface area contributed by atoms with Crippen LogP contribution in [0, 0.1) is 0 Å². The standard InChI is InChI=1S/C10H23NOSi/c1-12-11-9-7-5-6-8-10-13(2,3)4/h6,8,11H,5,7,9-10H2,1-4H3/b8-6+. The van der Waals surface area contributed by atoms with E-state index in [0.29, 0.717) is 0 Å². The molecular weight excluding hydrogens is 178 g/mol. The maximum absolute atomic E-state index is 4.74. The molecule has 0 bridgehead atoms. The number of hydrogen-bond acceptors (Lipinski definition) is 2. The largest absolute Gasteiger partial charge is 0.305 e. The summed E-state index contributed by atoms with van der Waals surface area (Å²) < 4.78 is 0. The molecular formula is C10H23NOSi. The van der Waals surface area contributed by atoms with Gasteiger partial charge in [0, 0.05) is 14.6 Å². The van der Waals surface area contributed by atoms with Crippen molar-refractivity contribution in [2.75, 3.05) is 13.7 Å². The van der Waals surface area contributed by atoms with Gasteiger partial charge in [0.15, 0.2) is 0 Å². The number of hydrogen-bond donors (Lipinski definition) is 1. The average Bonchev–Trinajstić information content (AvgIpc) is 2.01. The van der Waals surface area contributed by atoms with Crippen molar-refractivity contribution in [3.05, 3.63) is 12.2 Å². The van der Waals surface area contributed by atoms with Gasteiger partial charge in [-0.2, -0.15) is 0 Å². The molecule has 0 aliphatic carbocycles. The van der Waals surface area contributed by atoms with E-state index in [1.165, 1.54) is 6.04 Å². The summed E-state index contributed by atoms with van der Waals surface area (Å²) >= 11 is 0. The van der Waals surface area contributed by atoms with Gasteiger partial charge in [-0.25, -0.2) is 5.48 Å². The Hall–Kier alpha value is -0.123. The second-order valence-corrected chi connectivity index (χ2v) is 10.0. The van der Waals surface area contributed by atoms with Crippen LogP contribution in [0.1, 0.15) is 12.8 Å². The molecule has 0 fully saturated rings. The highest BCUT2D eigenvalue weighted by Crippen LogP contribution is 2.08. The monoisotopic (exact) mass is 201 g/mol. The van der Waals surface area contributed by atoms with Crippen molar-refractivity contribution in [1.82, 2.24) is 5.48 Å². The van der Waals surface area contributed by atoms with E-state index in [2.05, 4.69) is 37.3 Å². The normalized spacial score (nSPS) is 12.6. The SMILES string of the molecule is CONCCC/C=C/C[Si](C)(C)C. The van der Waals surface area contributed by atoms with Gasteiger partial charge in [0.1, 0.15) is 0 Å². The molecule has 0 heterocycles. The molecule has 0 radical (unpaired) electrons. The van der Waals surface area contributed by atoms with Gasteiger partial charge in [-0.1, -0.05) is 31.8 Å². The summed E-state index contributed by atoms with van der Waals surface area (Å²) in [5.74, 6) is 0. The smallest absolute Gasteiger partial charge is 0.0572 e. The van der Waals surface area contributed by atoms with Crippen LogP contribution < -0.4 is 5.48 Å². The molecule has 0 atom stereocenters. The van der Waals surface area contributed by atoms with Crippen LogP contribution in [0.4, 0.5) is 0 Å². The maximum atomic E-state index is 4.74. The lowest BCUT2D eigenvalue weighted by Gasteiger charge is -2.11. The van der Waals surface area contributed by atoms with Crippen LogP contribution >= 0.6 is 0 Å². The topological polar surface area (TPSA) is 21.3 Å². The maximum Gasteiger partial charge on any atom is 0.0572 e. The molecule has 0 aliphatic heterocycles. The first kappa shape index (κ1) is 12.9. The van der Waals surface area contributed by atoms with E-state index in [1.54, 1.807) is 7.11 Å². The van der Waals surface area contributed by atoms with Crippen LogP contribution in [0.15, 0.2) is 12.2 Å². The Morgan fingerprint density at radius 1 is 1.23 bits per heavy atom. The zero-order valence-corrected chi connectivity index (χ0v) is 10.4. The Bertz CT molecular complexity index is 140.